The van der Waals surface area contributed by atoms with Crippen LogP contribution in [0.25, 0.3) is 0 Å². The number of carboxylic acid groups (broad SMARTS) is 1. The van der Waals surface area contributed by atoms with Crippen molar-refractivity contribution >= 4 is 11.9 Å². The molecule has 0 spiro atoms. The third-order valence-electron chi connectivity index (χ3n) is 3.99. The van der Waals surface area contributed by atoms with E-state index in [0.717, 1.165) is 19.3 Å². The maximum atomic E-state index is 12.1. The number of rotatable bonds is 6. The molecule has 4 heteroatoms. The summed E-state index contributed by atoms with van der Waals surface area (Å²) in [4.78, 5) is 23.0. The minimum Gasteiger partial charge on any atom is -0.481 e. The van der Waals surface area contributed by atoms with Gasteiger partial charge in [0, 0.05) is 12.0 Å². The van der Waals surface area contributed by atoms with Crippen LogP contribution >= 0.6 is 0 Å². The van der Waals surface area contributed by atoms with Gasteiger partial charge in [-0.1, -0.05) is 25.5 Å². The highest BCUT2D eigenvalue weighted by atomic mass is 16.4. The van der Waals surface area contributed by atoms with Gasteiger partial charge in [0.05, 0.1) is 6.42 Å². The summed E-state index contributed by atoms with van der Waals surface area (Å²) in [6.07, 6.45) is 6.90. The fraction of sp³-hybridized carbons (Fsp3) is 0.733. The molecule has 4 nitrogen and oxygen atoms in total. The Labute approximate surface area is 115 Å². The molecule has 2 N–H and O–H groups in total. The molecule has 0 bridgehead atoms. The van der Waals surface area contributed by atoms with Gasteiger partial charge in [-0.3, -0.25) is 9.59 Å². The monoisotopic (exact) mass is 267 g/mol. The van der Waals surface area contributed by atoms with E-state index in [2.05, 4.69) is 11.4 Å². The van der Waals surface area contributed by atoms with Crippen molar-refractivity contribution in [1.82, 2.24) is 5.32 Å². The second-order valence-corrected chi connectivity index (χ2v) is 5.98. The van der Waals surface area contributed by atoms with Crippen LogP contribution in [0.5, 0.6) is 0 Å². The minimum absolute atomic E-state index is 0.0462. The Morgan fingerprint density at radius 2 is 2.11 bits per heavy atom. The number of carbonyl (C=O) groups excluding carboxylic acids is 1. The maximum Gasteiger partial charge on any atom is 0.305 e. The molecule has 0 radical (unpaired) electrons. The largest absolute Gasteiger partial charge is 0.481 e. The molecule has 0 aromatic heterocycles. The third-order valence-corrected chi connectivity index (χ3v) is 3.99. The van der Waals surface area contributed by atoms with Crippen LogP contribution in [0.2, 0.25) is 0 Å². The van der Waals surface area contributed by atoms with Crippen LogP contribution in [-0.4, -0.2) is 22.5 Å². The summed E-state index contributed by atoms with van der Waals surface area (Å²) in [5.74, 6) is -0.869. The van der Waals surface area contributed by atoms with E-state index in [1.807, 2.05) is 13.8 Å². The summed E-state index contributed by atoms with van der Waals surface area (Å²) in [5, 5.41) is 11.9. The molecule has 1 amide bonds. The normalized spacial score (nSPS) is 18.6. The molecule has 19 heavy (non-hydrogen) atoms. The molecule has 108 valence electrons. The predicted molar refractivity (Wildman–Crippen MR) is 74.8 cm³/mol. The Morgan fingerprint density at radius 3 is 2.58 bits per heavy atom. The topological polar surface area (TPSA) is 66.4 Å². The van der Waals surface area contributed by atoms with Gasteiger partial charge in [-0.2, -0.15) is 0 Å². The van der Waals surface area contributed by atoms with Crippen molar-refractivity contribution in [1.29, 1.82) is 0 Å². The van der Waals surface area contributed by atoms with Gasteiger partial charge in [-0.15, -0.1) is 0 Å². The molecule has 1 aliphatic carbocycles. The van der Waals surface area contributed by atoms with Crippen molar-refractivity contribution in [3.63, 3.8) is 0 Å². The molecular weight excluding hydrogens is 242 g/mol. The summed E-state index contributed by atoms with van der Waals surface area (Å²) in [5.41, 5.74) is 0.503. The lowest BCUT2D eigenvalue weighted by atomic mass is 9.84. The van der Waals surface area contributed by atoms with Crippen LogP contribution in [0.3, 0.4) is 0 Å². The lowest BCUT2D eigenvalue weighted by Gasteiger charge is -2.33. The first kappa shape index (κ1) is 15.7. The lowest BCUT2D eigenvalue weighted by molar-refractivity contribution is -0.139. The molecule has 1 rings (SSSR count). The first-order chi connectivity index (χ1) is 8.83. The van der Waals surface area contributed by atoms with Crippen LogP contribution in [0.15, 0.2) is 11.6 Å². The SMILES string of the molecule is CC(C)C(C)(CC(=O)O)NC(=O)CC1=CCCCC1. The molecular formula is C15H25NO3. The van der Waals surface area contributed by atoms with Crippen molar-refractivity contribution in [2.75, 3.05) is 0 Å². The first-order valence-corrected chi connectivity index (χ1v) is 7.04. The zero-order chi connectivity index (χ0) is 14.5. The van der Waals surface area contributed by atoms with E-state index in [1.165, 1.54) is 12.0 Å². The van der Waals surface area contributed by atoms with Crippen molar-refractivity contribution in [3.05, 3.63) is 11.6 Å². The Bertz CT molecular complexity index is 374. The summed E-state index contributed by atoms with van der Waals surface area (Å²) in [6.45, 7) is 5.67. The Balaban J connectivity index is 2.60. The fourth-order valence-corrected chi connectivity index (χ4v) is 2.34. The second-order valence-electron chi connectivity index (χ2n) is 5.98. The van der Waals surface area contributed by atoms with Crippen LogP contribution in [0, 0.1) is 5.92 Å². The average molecular weight is 267 g/mol. The molecule has 1 unspecified atom stereocenters. The molecule has 0 saturated carbocycles. The molecule has 0 aliphatic heterocycles. The standard InChI is InChI=1S/C15H25NO3/c1-11(2)15(3,10-14(18)19)16-13(17)9-12-7-5-4-6-8-12/h7,11H,4-6,8-10H2,1-3H3,(H,16,17)(H,18,19). The Kier molecular flexibility index (Phi) is 5.58. The van der Waals surface area contributed by atoms with Crippen LogP contribution < -0.4 is 5.32 Å². The van der Waals surface area contributed by atoms with Crippen molar-refractivity contribution < 1.29 is 14.7 Å². The van der Waals surface area contributed by atoms with Crippen molar-refractivity contribution in [2.24, 2.45) is 5.92 Å². The van der Waals surface area contributed by atoms with E-state index < -0.39 is 11.5 Å². The molecule has 0 aromatic carbocycles. The highest BCUT2D eigenvalue weighted by Crippen LogP contribution is 2.23. The van der Waals surface area contributed by atoms with Crippen molar-refractivity contribution in [3.8, 4) is 0 Å². The Hall–Kier alpha value is -1.32. The summed E-state index contributed by atoms with van der Waals surface area (Å²) in [6, 6.07) is 0. The van der Waals surface area contributed by atoms with Gasteiger partial charge in [0.25, 0.3) is 0 Å². The van der Waals surface area contributed by atoms with Gasteiger partial charge in [0.2, 0.25) is 5.91 Å². The molecule has 1 aliphatic rings. The number of allylic oxidation sites excluding steroid dienone is 1. The highest BCUT2D eigenvalue weighted by molar-refractivity contribution is 5.80. The average Bonchev–Trinajstić information content (AvgIpc) is 2.28. The smallest absolute Gasteiger partial charge is 0.305 e. The van der Waals surface area contributed by atoms with E-state index in [1.54, 1.807) is 6.92 Å². The molecule has 1 atom stereocenters. The second kappa shape index (κ2) is 6.73. The third kappa shape index (κ3) is 5.05. The van der Waals surface area contributed by atoms with Gasteiger partial charge in [0.15, 0.2) is 0 Å². The predicted octanol–water partition coefficient (Wildman–Crippen LogP) is 2.88. The lowest BCUT2D eigenvalue weighted by Crippen LogP contribution is -2.51. The maximum absolute atomic E-state index is 12.1. The number of carboxylic acids is 1. The number of nitrogens with one attached hydrogen (secondary N) is 1. The van der Waals surface area contributed by atoms with Crippen LogP contribution in [0.4, 0.5) is 0 Å². The van der Waals surface area contributed by atoms with Gasteiger partial charge in [0.1, 0.15) is 0 Å². The zero-order valence-corrected chi connectivity index (χ0v) is 12.2. The summed E-state index contributed by atoms with van der Waals surface area (Å²) in [7, 11) is 0. The van der Waals surface area contributed by atoms with Gasteiger partial charge >= 0.3 is 5.97 Å². The summed E-state index contributed by atoms with van der Waals surface area (Å²) >= 11 is 0. The number of carbonyl (C=O) groups is 2. The number of amides is 1. The van der Waals surface area contributed by atoms with E-state index >= 15 is 0 Å². The number of aliphatic carboxylic acids is 1. The van der Waals surface area contributed by atoms with Gasteiger partial charge < -0.3 is 10.4 Å². The van der Waals surface area contributed by atoms with Gasteiger partial charge in [-0.05, 0) is 38.5 Å². The van der Waals surface area contributed by atoms with E-state index in [0.29, 0.717) is 6.42 Å². The molecule has 0 fully saturated rings. The highest BCUT2D eigenvalue weighted by Gasteiger charge is 2.32. The van der Waals surface area contributed by atoms with E-state index in [-0.39, 0.29) is 18.2 Å². The zero-order valence-electron chi connectivity index (χ0n) is 12.2. The first-order valence-electron chi connectivity index (χ1n) is 7.04. The molecule has 0 heterocycles. The van der Waals surface area contributed by atoms with Crippen molar-refractivity contribution in [2.45, 2.75) is 64.8 Å². The number of hydrogen-bond donors (Lipinski definition) is 2. The Morgan fingerprint density at radius 1 is 1.42 bits per heavy atom. The van der Waals surface area contributed by atoms with E-state index in [4.69, 9.17) is 5.11 Å². The minimum atomic E-state index is -0.881. The molecule has 0 saturated heterocycles. The van der Waals surface area contributed by atoms with Crippen LogP contribution in [-0.2, 0) is 9.59 Å². The fourth-order valence-electron chi connectivity index (χ4n) is 2.34. The number of hydrogen-bond acceptors (Lipinski definition) is 2. The molecule has 0 aromatic rings. The van der Waals surface area contributed by atoms with Gasteiger partial charge in [-0.25, -0.2) is 0 Å². The quantitative estimate of drug-likeness (QED) is 0.727. The van der Waals surface area contributed by atoms with Crippen LogP contribution in [0.1, 0.15) is 59.3 Å². The van der Waals surface area contributed by atoms with E-state index in [9.17, 15) is 9.59 Å². The summed E-state index contributed by atoms with van der Waals surface area (Å²) < 4.78 is 0.